The zero-order chi connectivity index (χ0) is 23.5. The second kappa shape index (κ2) is 9.59. The third-order valence-electron chi connectivity index (χ3n) is 6.08. The molecule has 2 fully saturated rings. The van der Waals surface area contributed by atoms with Gasteiger partial charge in [-0.15, -0.1) is 21.5 Å². The Bertz CT molecular complexity index is 1190. The Morgan fingerprint density at radius 3 is 2.62 bits per heavy atom. The molecule has 1 aliphatic carbocycles. The lowest BCUT2D eigenvalue weighted by atomic mass is 9.82. The monoisotopic (exact) mass is 496 g/mol. The quantitative estimate of drug-likeness (QED) is 0.383. The SMILES string of the molecule is O=C(CSc1nnc(-c2cccs2)n1Cc1ccccc1)NN1C(=O)NC2(CCCCC2)C1=O. The maximum absolute atomic E-state index is 12.9. The highest BCUT2D eigenvalue weighted by molar-refractivity contribution is 7.99. The fourth-order valence-corrected chi connectivity index (χ4v) is 5.84. The number of hydrogen-bond donors (Lipinski definition) is 2. The molecule has 3 aromatic rings. The van der Waals surface area contributed by atoms with Gasteiger partial charge in [-0.05, 0) is 29.9 Å². The van der Waals surface area contributed by atoms with Crippen molar-refractivity contribution in [2.45, 2.75) is 49.3 Å². The van der Waals surface area contributed by atoms with Crippen LogP contribution in [0.25, 0.3) is 10.7 Å². The molecule has 34 heavy (non-hydrogen) atoms. The summed E-state index contributed by atoms with van der Waals surface area (Å²) in [4.78, 5) is 39.0. The summed E-state index contributed by atoms with van der Waals surface area (Å²) in [6, 6.07) is 13.3. The maximum Gasteiger partial charge on any atom is 0.344 e. The molecule has 1 aliphatic heterocycles. The lowest BCUT2D eigenvalue weighted by Crippen LogP contribution is -2.51. The molecule has 0 unspecified atom stereocenters. The predicted octanol–water partition coefficient (Wildman–Crippen LogP) is 3.43. The first-order chi connectivity index (χ1) is 16.6. The molecular weight excluding hydrogens is 472 g/mol. The van der Waals surface area contributed by atoms with E-state index in [0.717, 1.165) is 40.5 Å². The average Bonchev–Trinajstić information content (AvgIpc) is 3.56. The number of urea groups is 1. The van der Waals surface area contributed by atoms with Gasteiger partial charge in [-0.2, -0.15) is 5.01 Å². The number of hydrazine groups is 1. The van der Waals surface area contributed by atoms with Crippen molar-refractivity contribution in [3.8, 4) is 10.7 Å². The Kier molecular flexibility index (Phi) is 6.38. The van der Waals surface area contributed by atoms with Crippen molar-refractivity contribution in [1.29, 1.82) is 0 Å². The van der Waals surface area contributed by atoms with Crippen LogP contribution < -0.4 is 10.7 Å². The molecule has 1 saturated heterocycles. The summed E-state index contributed by atoms with van der Waals surface area (Å²) in [6.07, 6.45) is 4.02. The van der Waals surface area contributed by atoms with Crippen molar-refractivity contribution < 1.29 is 14.4 Å². The molecule has 2 N–H and O–H groups in total. The van der Waals surface area contributed by atoms with Gasteiger partial charge >= 0.3 is 6.03 Å². The number of nitrogens with one attached hydrogen (secondary N) is 2. The molecule has 0 atom stereocenters. The summed E-state index contributed by atoms with van der Waals surface area (Å²) < 4.78 is 1.98. The number of aromatic nitrogens is 3. The molecule has 1 saturated carbocycles. The van der Waals surface area contributed by atoms with Crippen LogP contribution in [0.4, 0.5) is 4.79 Å². The average molecular weight is 497 g/mol. The van der Waals surface area contributed by atoms with Crippen LogP contribution in [-0.4, -0.2) is 48.9 Å². The number of rotatable bonds is 7. The van der Waals surface area contributed by atoms with Gasteiger partial charge in [0.25, 0.3) is 5.91 Å². The van der Waals surface area contributed by atoms with Gasteiger partial charge in [0.15, 0.2) is 11.0 Å². The first-order valence-electron chi connectivity index (χ1n) is 11.2. The molecule has 2 aliphatic rings. The minimum Gasteiger partial charge on any atom is -0.322 e. The second-order valence-electron chi connectivity index (χ2n) is 8.39. The first kappa shape index (κ1) is 22.6. The van der Waals surface area contributed by atoms with Gasteiger partial charge in [-0.3, -0.25) is 19.6 Å². The number of thioether (sulfide) groups is 1. The third-order valence-corrected chi connectivity index (χ3v) is 7.91. The Labute approximate surface area is 204 Å². The van der Waals surface area contributed by atoms with Gasteiger partial charge in [0.1, 0.15) is 5.54 Å². The van der Waals surface area contributed by atoms with Crippen LogP contribution in [0.2, 0.25) is 0 Å². The summed E-state index contributed by atoms with van der Waals surface area (Å²) in [5.41, 5.74) is 2.69. The zero-order valence-corrected chi connectivity index (χ0v) is 20.0. The predicted molar refractivity (Wildman–Crippen MR) is 129 cm³/mol. The molecule has 11 heteroatoms. The molecule has 2 aromatic heterocycles. The van der Waals surface area contributed by atoms with E-state index in [9.17, 15) is 14.4 Å². The highest BCUT2D eigenvalue weighted by Crippen LogP contribution is 2.33. The van der Waals surface area contributed by atoms with E-state index >= 15 is 0 Å². The van der Waals surface area contributed by atoms with Crippen LogP contribution in [0.15, 0.2) is 53.0 Å². The van der Waals surface area contributed by atoms with Crippen molar-refractivity contribution in [2.24, 2.45) is 0 Å². The number of hydrogen-bond acceptors (Lipinski definition) is 7. The van der Waals surface area contributed by atoms with E-state index in [1.807, 2.05) is 52.4 Å². The summed E-state index contributed by atoms with van der Waals surface area (Å²) in [6.45, 7) is 0.556. The molecule has 176 valence electrons. The number of nitrogens with zero attached hydrogens (tertiary/aromatic N) is 4. The second-order valence-corrected chi connectivity index (χ2v) is 10.3. The highest BCUT2D eigenvalue weighted by atomic mass is 32.2. The van der Waals surface area contributed by atoms with Crippen molar-refractivity contribution in [1.82, 2.24) is 30.5 Å². The number of carbonyl (C=O) groups excluding carboxylic acids is 3. The molecule has 5 rings (SSSR count). The molecule has 1 aromatic carbocycles. The van der Waals surface area contributed by atoms with Crippen molar-refractivity contribution >= 4 is 40.9 Å². The van der Waals surface area contributed by atoms with Crippen LogP contribution in [0.1, 0.15) is 37.7 Å². The highest BCUT2D eigenvalue weighted by Gasteiger charge is 2.52. The molecule has 0 bridgehead atoms. The van der Waals surface area contributed by atoms with Gasteiger partial charge in [0, 0.05) is 0 Å². The van der Waals surface area contributed by atoms with Crippen LogP contribution in [0, 0.1) is 0 Å². The van der Waals surface area contributed by atoms with E-state index in [4.69, 9.17) is 0 Å². The Balaban J connectivity index is 1.28. The van der Waals surface area contributed by atoms with E-state index < -0.39 is 17.5 Å². The standard InChI is InChI=1S/C23H24N6O3S2/c30-18(27-29-20(31)23(24-21(29)32)11-5-2-6-12-23)15-34-22-26-25-19(17-10-7-13-33-17)28(22)14-16-8-3-1-4-9-16/h1,3-4,7-10,13H,2,5-6,11-12,14-15H2,(H,24,32)(H,27,30). The fourth-order valence-electron chi connectivity index (χ4n) is 4.40. The van der Waals surface area contributed by atoms with E-state index in [2.05, 4.69) is 20.9 Å². The smallest absolute Gasteiger partial charge is 0.322 e. The van der Waals surface area contributed by atoms with E-state index in [1.54, 1.807) is 11.3 Å². The Morgan fingerprint density at radius 2 is 1.88 bits per heavy atom. The van der Waals surface area contributed by atoms with Gasteiger partial charge in [0.05, 0.1) is 17.2 Å². The van der Waals surface area contributed by atoms with Crippen LogP contribution in [0.3, 0.4) is 0 Å². The van der Waals surface area contributed by atoms with Crippen LogP contribution >= 0.6 is 23.1 Å². The lowest BCUT2D eigenvalue weighted by Gasteiger charge is -2.30. The van der Waals surface area contributed by atoms with Gasteiger partial charge in [-0.1, -0.05) is 67.4 Å². The number of imide groups is 1. The van der Waals surface area contributed by atoms with Gasteiger partial charge < -0.3 is 5.32 Å². The molecule has 9 nitrogen and oxygen atoms in total. The van der Waals surface area contributed by atoms with Crippen molar-refractivity contribution in [3.63, 3.8) is 0 Å². The number of thiophene rings is 1. The van der Waals surface area contributed by atoms with Crippen LogP contribution in [0.5, 0.6) is 0 Å². The largest absolute Gasteiger partial charge is 0.344 e. The van der Waals surface area contributed by atoms with Gasteiger partial charge in [-0.25, -0.2) is 4.79 Å². The number of amides is 4. The lowest BCUT2D eigenvalue weighted by molar-refractivity contribution is -0.139. The van der Waals surface area contributed by atoms with Crippen LogP contribution in [-0.2, 0) is 16.1 Å². The molecule has 4 amide bonds. The summed E-state index contributed by atoms with van der Waals surface area (Å²) in [5, 5.41) is 14.9. The Hall–Kier alpha value is -3.18. The molecular formula is C23H24N6O3S2. The Morgan fingerprint density at radius 1 is 1.09 bits per heavy atom. The molecule has 3 heterocycles. The number of carbonyl (C=O) groups is 3. The minimum absolute atomic E-state index is 0.0125. The fraction of sp³-hybridized carbons (Fsp3) is 0.348. The minimum atomic E-state index is -0.874. The topological polar surface area (TPSA) is 109 Å². The van der Waals surface area contributed by atoms with Crippen molar-refractivity contribution in [3.05, 3.63) is 53.4 Å². The van der Waals surface area contributed by atoms with E-state index in [1.165, 1.54) is 11.8 Å². The third kappa shape index (κ3) is 4.45. The maximum atomic E-state index is 12.9. The van der Waals surface area contributed by atoms with E-state index in [-0.39, 0.29) is 11.7 Å². The molecule has 0 radical (unpaired) electrons. The van der Waals surface area contributed by atoms with E-state index in [0.29, 0.717) is 24.5 Å². The first-order valence-corrected chi connectivity index (χ1v) is 13.0. The number of benzene rings is 1. The summed E-state index contributed by atoms with van der Waals surface area (Å²) in [7, 11) is 0. The van der Waals surface area contributed by atoms with Gasteiger partial charge in [0.2, 0.25) is 5.91 Å². The zero-order valence-electron chi connectivity index (χ0n) is 18.4. The summed E-state index contributed by atoms with van der Waals surface area (Å²) >= 11 is 2.79. The summed E-state index contributed by atoms with van der Waals surface area (Å²) in [5.74, 6) is -0.104. The van der Waals surface area contributed by atoms with Crippen molar-refractivity contribution in [2.75, 3.05) is 5.75 Å². The molecule has 1 spiro atoms. The normalized spacial score (nSPS) is 17.2.